The van der Waals surface area contributed by atoms with Crippen molar-refractivity contribution in [3.8, 4) is 11.5 Å². The summed E-state index contributed by atoms with van der Waals surface area (Å²) in [5.41, 5.74) is 2.18. The number of amides is 1. The van der Waals surface area contributed by atoms with E-state index in [9.17, 15) is 9.90 Å². The van der Waals surface area contributed by atoms with Gasteiger partial charge in [0.1, 0.15) is 11.5 Å². The molecule has 0 spiro atoms. The molecule has 1 fully saturated rings. The molecule has 1 aliphatic rings. The van der Waals surface area contributed by atoms with E-state index in [0.717, 1.165) is 30.1 Å². The largest absolute Gasteiger partial charge is 0.508 e. The molecule has 3 rings (SSSR count). The van der Waals surface area contributed by atoms with E-state index >= 15 is 0 Å². The van der Waals surface area contributed by atoms with Crippen LogP contribution in [0.1, 0.15) is 5.56 Å². The number of hydrogen-bond acceptors (Lipinski definition) is 4. The number of benzene rings is 2. The Labute approximate surface area is 142 Å². The van der Waals surface area contributed by atoms with Gasteiger partial charge in [-0.2, -0.15) is 0 Å². The Bertz CT molecular complexity index is 692. The van der Waals surface area contributed by atoms with Crippen molar-refractivity contribution in [2.75, 3.05) is 37.7 Å². The van der Waals surface area contributed by atoms with Crippen molar-refractivity contribution in [1.29, 1.82) is 0 Å². The van der Waals surface area contributed by atoms with Crippen LogP contribution in [0.2, 0.25) is 0 Å². The number of rotatable bonds is 4. The number of anilines is 1. The molecule has 0 radical (unpaired) electrons. The highest BCUT2D eigenvalue weighted by molar-refractivity contribution is 5.78. The van der Waals surface area contributed by atoms with Gasteiger partial charge in [0, 0.05) is 31.9 Å². The van der Waals surface area contributed by atoms with E-state index in [2.05, 4.69) is 4.90 Å². The minimum atomic E-state index is 0.0156. The molecule has 5 nitrogen and oxygen atoms in total. The van der Waals surface area contributed by atoms with Crippen LogP contribution in [-0.2, 0) is 4.79 Å². The molecule has 1 amide bonds. The number of ether oxygens (including phenoxy) is 1. The van der Waals surface area contributed by atoms with Crippen molar-refractivity contribution in [1.82, 2.24) is 4.90 Å². The van der Waals surface area contributed by atoms with Crippen LogP contribution in [0.25, 0.3) is 0 Å². The van der Waals surface area contributed by atoms with Crippen LogP contribution in [0.15, 0.2) is 48.5 Å². The summed E-state index contributed by atoms with van der Waals surface area (Å²) < 4.78 is 5.59. The smallest absolute Gasteiger partial charge is 0.260 e. The Morgan fingerprint density at radius 2 is 1.79 bits per heavy atom. The van der Waals surface area contributed by atoms with Gasteiger partial charge in [0.15, 0.2) is 6.61 Å². The quantitative estimate of drug-likeness (QED) is 0.937. The summed E-state index contributed by atoms with van der Waals surface area (Å²) in [6.45, 7) is 4.98. The zero-order valence-corrected chi connectivity index (χ0v) is 13.8. The second-order valence-corrected chi connectivity index (χ2v) is 5.99. The van der Waals surface area contributed by atoms with E-state index < -0.39 is 0 Å². The van der Waals surface area contributed by atoms with E-state index in [4.69, 9.17) is 4.74 Å². The highest BCUT2D eigenvalue weighted by Gasteiger charge is 2.21. The monoisotopic (exact) mass is 326 g/mol. The van der Waals surface area contributed by atoms with Crippen LogP contribution in [0.4, 0.5) is 5.69 Å². The van der Waals surface area contributed by atoms with Gasteiger partial charge < -0.3 is 19.6 Å². The number of aryl methyl sites for hydroxylation is 1. The van der Waals surface area contributed by atoms with Crippen LogP contribution in [0, 0.1) is 6.92 Å². The normalized spacial score (nSPS) is 14.5. The molecule has 24 heavy (non-hydrogen) atoms. The summed E-state index contributed by atoms with van der Waals surface area (Å²) >= 11 is 0. The molecule has 2 aromatic rings. The van der Waals surface area contributed by atoms with E-state index in [1.165, 1.54) is 0 Å². The van der Waals surface area contributed by atoms with Gasteiger partial charge in [-0.3, -0.25) is 4.79 Å². The van der Waals surface area contributed by atoms with Crippen LogP contribution in [0.5, 0.6) is 11.5 Å². The molecular formula is C19H22N2O3. The van der Waals surface area contributed by atoms with E-state index in [1.807, 2.05) is 48.2 Å². The number of phenols is 1. The van der Waals surface area contributed by atoms with E-state index in [-0.39, 0.29) is 18.3 Å². The third-order valence-corrected chi connectivity index (χ3v) is 4.20. The fourth-order valence-corrected chi connectivity index (χ4v) is 2.82. The van der Waals surface area contributed by atoms with Gasteiger partial charge >= 0.3 is 0 Å². The fraction of sp³-hybridized carbons (Fsp3) is 0.316. The third kappa shape index (κ3) is 3.98. The Morgan fingerprint density at radius 1 is 1.08 bits per heavy atom. The van der Waals surface area contributed by atoms with Crippen LogP contribution >= 0.6 is 0 Å². The first-order valence-corrected chi connectivity index (χ1v) is 8.13. The zero-order valence-electron chi connectivity index (χ0n) is 13.8. The Morgan fingerprint density at radius 3 is 2.46 bits per heavy atom. The van der Waals surface area contributed by atoms with Crippen molar-refractivity contribution >= 4 is 11.6 Å². The number of carbonyl (C=O) groups excluding carboxylic acids is 1. The summed E-state index contributed by atoms with van der Waals surface area (Å²) in [5.74, 6) is 1.01. The number of nitrogens with zero attached hydrogens (tertiary/aromatic N) is 2. The minimum Gasteiger partial charge on any atom is -0.508 e. The topological polar surface area (TPSA) is 53.0 Å². The molecule has 0 unspecified atom stereocenters. The number of carbonyl (C=O) groups is 1. The zero-order chi connectivity index (χ0) is 16.9. The lowest BCUT2D eigenvalue weighted by atomic mass is 10.2. The first-order chi connectivity index (χ1) is 11.6. The molecule has 1 aliphatic heterocycles. The average molecular weight is 326 g/mol. The molecular weight excluding hydrogens is 304 g/mol. The maximum atomic E-state index is 12.3. The number of phenolic OH excluding ortho intramolecular Hbond substituents is 1. The molecule has 0 saturated carbocycles. The van der Waals surface area contributed by atoms with Crippen molar-refractivity contribution in [2.24, 2.45) is 0 Å². The number of aromatic hydroxyl groups is 1. The summed E-state index contributed by atoms with van der Waals surface area (Å²) in [4.78, 5) is 16.3. The lowest BCUT2D eigenvalue weighted by molar-refractivity contribution is -0.133. The highest BCUT2D eigenvalue weighted by atomic mass is 16.5. The molecule has 0 aromatic heterocycles. The Hall–Kier alpha value is -2.69. The molecule has 0 bridgehead atoms. The molecule has 2 aromatic carbocycles. The third-order valence-electron chi connectivity index (χ3n) is 4.20. The first-order valence-electron chi connectivity index (χ1n) is 8.13. The predicted molar refractivity (Wildman–Crippen MR) is 93.6 cm³/mol. The van der Waals surface area contributed by atoms with Gasteiger partial charge in [-0.05, 0) is 48.9 Å². The maximum absolute atomic E-state index is 12.3. The maximum Gasteiger partial charge on any atom is 0.260 e. The lowest BCUT2D eigenvalue weighted by Gasteiger charge is -2.36. The van der Waals surface area contributed by atoms with Crippen LogP contribution in [-0.4, -0.2) is 48.7 Å². The average Bonchev–Trinajstić information content (AvgIpc) is 2.61. The molecule has 1 N–H and O–H groups in total. The van der Waals surface area contributed by atoms with E-state index in [0.29, 0.717) is 13.1 Å². The van der Waals surface area contributed by atoms with Crippen molar-refractivity contribution < 1.29 is 14.6 Å². The standard InChI is InChI=1S/C19H22N2O3/c1-15-3-2-4-18(13-15)24-14-19(23)21-11-9-20(10-12-21)16-5-7-17(22)8-6-16/h2-8,13,22H,9-12,14H2,1H3. The van der Waals surface area contributed by atoms with Gasteiger partial charge in [0.25, 0.3) is 5.91 Å². The van der Waals surface area contributed by atoms with Gasteiger partial charge in [0.05, 0.1) is 0 Å². The van der Waals surface area contributed by atoms with Gasteiger partial charge in [-0.1, -0.05) is 12.1 Å². The van der Waals surface area contributed by atoms with Crippen LogP contribution < -0.4 is 9.64 Å². The lowest BCUT2D eigenvalue weighted by Crippen LogP contribution is -2.50. The number of hydrogen-bond donors (Lipinski definition) is 1. The first kappa shape index (κ1) is 16.2. The van der Waals surface area contributed by atoms with E-state index in [1.54, 1.807) is 12.1 Å². The van der Waals surface area contributed by atoms with Crippen molar-refractivity contribution in [3.63, 3.8) is 0 Å². The summed E-state index contributed by atoms with van der Waals surface area (Å²) in [6.07, 6.45) is 0. The van der Waals surface area contributed by atoms with Crippen molar-refractivity contribution in [3.05, 3.63) is 54.1 Å². The summed E-state index contributed by atoms with van der Waals surface area (Å²) in [6, 6.07) is 14.9. The fourth-order valence-electron chi connectivity index (χ4n) is 2.82. The molecule has 0 atom stereocenters. The van der Waals surface area contributed by atoms with Gasteiger partial charge in [-0.15, -0.1) is 0 Å². The second kappa shape index (κ2) is 7.25. The Kier molecular flexibility index (Phi) is 4.89. The Balaban J connectivity index is 1.49. The summed E-state index contributed by atoms with van der Waals surface area (Å²) in [7, 11) is 0. The summed E-state index contributed by atoms with van der Waals surface area (Å²) in [5, 5.41) is 9.35. The molecule has 1 saturated heterocycles. The molecule has 0 aliphatic carbocycles. The van der Waals surface area contributed by atoms with Crippen molar-refractivity contribution in [2.45, 2.75) is 6.92 Å². The second-order valence-electron chi connectivity index (χ2n) is 5.99. The molecule has 126 valence electrons. The van der Waals surface area contributed by atoms with Crippen LogP contribution in [0.3, 0.4) is 0 Å². The van der Waals surface area contributed by atoms with Gasteiger partial charge in [0.2, 0.25) is 0 Å². The predicted octanol–water partition coefficient (Wildman–Crippen LogP) is 2.43. The molecule has 1 heterocycles. The number of piperazine rings is 1. The minimum absolute atomic E-state index is 0.0156. The SMILES string of the molecule is Cc1cccc(OCC(=O)N2CCN(c3ccc(O)cc3)CC2)c1. The highest BCUT2D eigenvalue weighted by Crippen LogP contribution is 2.20. The van der Waals surface area contributed by atoms with Gasteiger partial charge in [-0.25, -0.2) is 0 Å². The molecule has 5 heteroatoms.